The SMILES string of the molecule is O=CC12CCCCCCCCCC1=N2. The maximum absolute atomic E-state index is 11.0. The highest BCUT2D eigenvalue weighted by atomic mass is 16.1. The molecular formula is C12H19NO. The maximum atomic E-state index is 11.0. The van der Waals surface area contributed by atoms with Gasteiger partial charge in [0.25, 0.3) is 0 Å². The van der Waals surface area contributed by atoms with Crippen LogP contribution in [-0.2, 0) is 4.79 Å². The van der Waals surface area contributed by atoms with Crippen molar-refractivity contribution in [3.8, 4) is 0 Å². The van der Waals surface area contributed by atoms with E-state index in [1.54, 1.807) is 0 Å². The minimum atomic E-state index is -0.301. The van der Waals surface area contributed by atoms with Crippen LogP contribution in [0.3, 0.4) is 0 Å². The number of rotatable bonds is 1. The van der Waals surface area contributed by atoms with E-state index in [9.17, 15) is 4.79 Å². The lowest BCUT2D eigenvalue weighted by molar-refractivity contribution is -0.109. The fourth-order valence-electron chi connectivity index (χ4n) is 2.41. The predicted molar refractivity (Wildman–Crippen MR) is 57.8 cm³/mol. The highest BCUT2D eigenvalue weighted by Gasteiger charge is 2.45. The maximum Gasteiger partial charge on any atom is 0.153 e. The van der Waals surface area contributed by atoms with Crippen molar-refractivity contribution in [2.45, 2.75) is 63.3 Å². The van der Waals surface area contributed by atoms with Crippen LogP contribution in [0.1, 0.15) is 57.8 Å². The fraction of sp³-hybridized carbons (Fsp3) is 0.833. The van der Waals surface area contributed by atoms with E-state index in [0.29, 0.717) is 0 Å². The third kappa shape index (κ3) is 2.05. The number of hydrogen-bond acceptors (Lipinski definition) is 2. The molecule has 0 amide bonds. The Hall–Kier alpha value is -0.660. The van der Waals surface area contributed by atoms with Crippen molar-refractivity contribution in [1.82, 2.24) is 0 Å². The highest BCUT2D eigenvalue weighted by molar-refractivity contribution is 6.17. The largest absolute Gasteiger partial charge is 0.300 e. The highest BCUT2D eigenvalue weighted by Crippen LogP contribution is 2.35. The fourth-order valence-corrected chi connectivity index (χ4v) is 2.41. The molecule has 2 rings (SSSR count). The number of hydrogen-bond donors (Lipinski definition) is 0. The van der Waals surface area contributed by atoms with E-state index in [-0.39, 0.29) is 5.54 Å². The number of carbonyl (C=O) groups is 1. The van der Waals surface area contributed by atoms with Gasteiger partial charge in [0, 0.05) is 5.71 Å². The van der Waals surface area contributed by atoms with Crippen LogP contribution in [-0.4, -0.2) is 17.5 Å². The zero-order chi connectivity index (χ0) is 9.86. The molecular weight excluding hydrogens is 174 g/mol. The molecule has 0 aromatic rings. The van der Waals surface area contributed by atoms with E-state index < -0.39 is 0 Å². The van der Waals surface area contributed by atoms with Crippen LogP contribution in [0.4, 0.5) is 0 Å². The van der Waals surface area contributed by atoms with Gasteiger partial charge in [-0.3, -0.25) is 4.99 Å². The first-order valence-electron chi connectivity index (χ1n) is 5.93. The lowest BCUT2D eigenvalue weighted by atomic mass is 9.95. The van der Waals surface area contributed by atoms with Gasteiger partial charge >= 0.3 is 0 Å². The molecule has 2 aliphatic rings. The Bertz CT molecular complexity index is 247. The van der Waals surface area contributed by atoms with E-state index in [2.05, 4.69) is 4.99 Å². The summed E-state index contributed by atoms with van der Waals surface area (Å²) in [6, 6.07) is 0. The summed E-state index contributed by atoms with van der Waals surface area (Å²) in [4.78, 5) is 15.3. The van der Waals surface area contributed by atoms with Crippen LogP contribution in [0, 0.1) is 0 Å². The zero-order valence-electron chi connectivity index (χ0n) is 8.80. The van der Waals surface area contributed by atoms with Crippen molar-refractivity contribution in [3.63, 3.8) is 0 Å². The van der Waals surface area contributed by atoms with E-state index in [0.717, 1.165) is 19.1 Å². The standard InChI is InChI=1S/C12H19NO/c14-10-12-9-7-5-3-1-2-4-6-8-11(12)13-12/h10H,1-9H2. The summed E-state index contributed by atoms with van der Waals surface area (Å²) >= 11 is 0. The number of aliphatic imine (C=N–C) groups is 1. The summed E-state index contributed by atoms with van der Waals surface area (Å²) in [6.07, 6.45) is 12.2. The summed E-state index contributed by atoms with van der Waals surface area (Å²) in [6.45, 7) is 0. The summed E-state index contributed by atoms with van der Waals surface area (Å²) in [7, 11) is 0. The van der Waals surface area contributed by atoms with Crippen LogP contribution in [0.2, 0.25) is 0 Å². The molecule has 0 radical (unpaired) electrons. The predicted octanol–water partition coefficient (Wildman–Crippen LogP) is 2.90. The van der Waals surface area contributed by atoms with Gasteiger partial charge in [0.1, 0.15) is 0 Å². The normalized spacial score (nSPS) is 33.6. The van der Waals surface area contributed by atoms with Gasteiger partial charge in [-0.05, 0) is 19.3 Å². The first kappa shape index (κ1) is 9.88. The lowest BCUT2D eigenvalue weighted by Crippen LogP contribution is -2.20. The minimum absolute atomic E-state index is 0.301. The molecule has 14 heavy (non-hydrogen) atoms. The van der Waals surface area contributed by atoms with Crippen LogP contribution >= 0.6 is 0 Å². The quantitative estimate of drug-likeness (QED) is 0.589. The molecule has 0 bridgehead atoms. The van der Waals surface area contributed by atoms with Crippen molar-refractivity contribution in [2.75, 3.05) is 0 Å². The van der Waals surface area contributed by atoms with Crippen molar-refractivity contribution in [2.24, 2.45) is 4.99 Å². The van der Waals surface area contributed by atoms with Gasteiger partial charge in [-0.25, -0.2) is 0 Å². The molecule has 0 aromatic carbocycles. The molecule has 1 fully saturated rings. The van der Waals surface area contributed by atoms with Gasteiger partial charge in [0.05, 0.1) is 0 Å². The second kappa shape index (κ2) is 4.24. The topological polar surface area (TPSA) is 29.4 Å². The molecule has 2 nitrogen and oxygen atoms in total. The van der Waals surface area contributed by atoms with Crippen LogP contribution < -0.4 is 0 Å². The number of aldehydes is 1. The van der Waals surface area contributed by atoms with Gasteiger partial charge in [0.2, 0.25) is 0 Å². The molecule has 2 heteroatoms. The van der Waals surface area contributed by atoms with Gasteiger partial charge in [-0.1, -0.05) is 38.5 Å². The molecule has 1 aliphatic carbocycles. The summed E-state index contributed by atoms with van der Waals surface area (Å²) < 4.78 is 0. The molecule has 1 atom stereocenters. The Balaban J connectivity index is 1.88. The van der Waals surface area contributed by atoms with Gasteiger partial charge < -0.3 is 4.79 Å². The second-order valence-corrected chi connectivity index (χ2v) is 4.58. The molecule has 1 aliphatic heterocycles. The number of fused-ring (bicyclic) bond motifs is 1. The number of carbonyl (C=O) groups excluding carboxylic acids is 1. The average molecular weight is 193 g/mol. The van der Waals surface area contributed by atoms with Crippen LogP contribution in [0.25, 0.3) is 0 Å². The van der Waals surface area contributed by atoms with Crippen LogP contribution in [0.15, 0.2) is 4.99 Å². The first-order chi connectivity index (χ1) is 6.87. The Kier molecular flexibility index (Phi) is 2.99. The summed E-state index contributed by atoms with van der Waals surface area (Å²) in [5, 5.41) is 0. The van der Waals surface area contributed by atoms with Crippen LogP contribution in [0.5, 0.6) is 0 Å². The zero-order valence-corrected chi connectivity index (χ0v) is 8.80. The monoisotopic (exact) mass is 193 g/mol. The molecule has 78 valence electrons. The number of nitrogens with zero attached hydrogens (tertiary/aromatic N) is 1. The van der Waals surface area contributed by atoms with E-state index in [4.69, 9.17) is 0 Å². The Morgan fingerprint density at radius 1 is 1.00 bits per heavy atom. The lowest BCUT2D eigenvalue weighted by Gasteiger charge is -2.06. The summed E-state index contributed by atoms with van der Waals surface area (Å²) in [5.74, 6) is 0. The third-order valence-electron chi connectivity index (χ3n) is 3.45. The minimum Gasteiger partial charge on any atom is -0.300 e. The van der Waals surface area contributed by atoms with E-state index in [1.165, 1.54) is 50.7 Å². The van der Waals surface area contributed by atoms with Crippen molar-refractivity contribution < 1.29 is 4.79 Å². The van der Waals surface area contributed by atoms with Crippen molar-refractivity contribution in [1.29, 1.82) is 0 Å². The average Bonchev–Trinajstić information content (AvgIpc) is 2.88. The van der Waals surface area contributed by atoms with Gasteiger partial charge in [0.15, 0.2) is 11.8 Å². The summed E-state index contributed by atoms with van der Waals surface area (Å²) in [5.41, 5.74) is 0.888. The molecule has 0 aromatic heterocycles. The third-order valence-corrected chi connectivity index (χ3v) is 3.45. The second-order valence-electron chi connectivity index (χ2n) is 4.58. The van der Waals surface area contributed by atoms with Gasteiger partial charge in [-0.15, -0.1) is 0 Å². The Morgan fingerprint density at radius 3 is 2.36 bits per heavy atom. The Morgan fingerprint density at radius 2 is 1.64 bits per heavy atom. The molecule has 0 saturated heterocycles. The Labute approximate surface area is 85.8 Å². The molecule has 1 saturated carbocycles. The van der Waals surface area contributed by atoms with E-state index >= 15 is 0 Å². The van der Waals surface area contributed by atoms with Crippen molar-refractivity contribution in [3.05, 3.63) is 0 Å². The first-order valence-corrected chi connectivity index (χ1v) is 5.93. The van der Waals surface area contributed by atoms with Crippen molar-refractivity contribution >= 4 is 12.0 Å². The molecule has 1 unspecified atom stereocenters. The smallest absolute Gasteiger partial charge is 0.153 e. The van der Waals surface area contributed by atoms with Gasteiger partial charge in [-0.2, -0.15) is 0 Å². The molecule has 1 heterocycles. The van der Waals surface area contributed by atoms with E-state index in [1.807, 2.05) is 0 Å². The molecule has 0 N–H and O–H groups in total. The molecule has 0 spiro atoms.